The van der Waals surface area contributed by atoms with Crippen LogP contribution in [-0.2, 0) is 0 Å². The van der Waals surface area contributed by atoms with Crippen molar-refractivity contribution in [2.75, 3.05) is 11.9 Å². The average Bonchev–Trinajstić information content (AvgIpc) is 3.18. The number of anilines is 1. The Labute approximate surface area is 121 Å². The van der Waals surface area contributed by atoms with E-state index < -0.39 is 0 Å². The number of carbonyl (C=O) groups excluding carboxylic acids is 1. The Balaban J connectivity index is 1.68. The van der Waals surface area contributed by atoms with Gasteiger partial charge in [0.2, 0.25) is 5.89 Å². The minimum Gasteiger partial charge on any atom is -0.406 e. The lowest BCUT2D eigenvalue weighted by molar-refractivity contribution is 0.102. The van der Waals surface area contributed by atoms with Crippen molar-refractivity contribution in [2.24, 2.45) is 0 Å². The third kappa shape index (κ3) is 2.90. The Kier molecular flexibility index (Phi) is 3.62. The predicted molar refractivity (Wildman–Crippen MR) is 73.4 cm³/mol. The largest absolute Gasteiger partial charge is 0.406 e. The summed E-state index contributed by atoms with van der Waals surface area (Å²) >= 11 is 0. The van der Waals surface area contributed by atoms with Gasteiger partial charge in [-0.15, -0.1) is 5.10 Å². The number of carbonyl (C=O) groups is 1. The van der Waals surface area contributed by atoms with Crippen molar-refractivity contribution in [3.05, 3.63) is 41.3 Å². The van der Waals surface area contributed by atoms with Crippen LogP contribution < -0.4 is 10.6 Å². The zero-order valence-electron chi connectivity index (χ0n) is 11.2. The number of nitrogens with zero attached hydrogens (tertiary/aromatic N) is 3. The zero-order chi connectivity index (χ0) is 14.7. The van der Waals surface area contributed by atoms with E-state index in [1.54, 1.807) is 24.3 Å². The van der Waals surface area contributed by atoms with Crippen LogP contribution in [-0.4, -0.2) is 22.6 Å². The molecule has 7 nitrogen and oxygen atoms in total. The number of hydrogen-bond donors (Lipinski definition) is 2. The summed E-state index contributed by atoms with van der Waals surface area (Å²) in [5.41, 5.74) is 0.923. The van der Waals surface area contributed by atoms with Gasteiger partial charge in [0, 0.05) is 5.56 Å². The van der Waals surface area contributed by atoms with Crippen molar-refractivity contribution in [1.82, 2.24) is 15.5 Å². The SMILES string of the molecule is N#Cc1ccc(C(=O)Nc2nnc(C3CCCN3)o2)cc1. The molecule has 1 saturated heterocycles. The molecule has 0 aliphatic carbocycles. The number of amides is 1. The molecule has 0 bridgehead atoms. The minimum absolute atomic E-state index is 0.0677. The van der Waals surface area contributed by atoms with Gasteiger partial charge in [0.1, 0.15) is 0 Å². The van der Waals surface area contributed by atoms with E-state index in [9.17, 15) is 4.79 Å². The van der Waals surface area contributed by atoms with Crippen molar-refractivity contribution >= 4 is 11.9 Å². The molecule has 1 fully saturated rings. The van der Waals surface area contributed by atoms with Crippen LogP contribution >= 0.6 is 0 Å². The number of nitriles is 1. The van der Waals surface area contributed by atoms with E-state index >= 15 is 0 Å². The Bertz CT molecular complexity index is 680. The molecule has 1 aliphatic heterocycles. The minimum atomic E-state index is -0.353. The maximum Gasteiger partial charge on any atom is 0.322 e. The van der Waals surface area contributed by atoms with Crippen molar-refractivity contribution in [3.8, 4) is 6.07 Å². The molecule has 1 unspecified atom stereocenters. The van der Waals surface area contributed by atoms with Gasteiger partial charge < -0.3 is 9.73 Å². The summed E-state index contributed by atoms with van der Waals surface area (Å²) in [6.07, 6.45) is 2.02. The molecule has 2 heterocycles. The quantitative estimate of drug-likeness (QED) is 0.887. The van der Waals surface area contributed by atoms with Crippen molar-refractivity contribution in [1.29, 1.82) is 5.26 Å². The van der Waals surface area contributed by atoms with Gasteiger partial charge in [-0.1, -0.05) is 5.10 Å². The van der Waals surface area contributed by atoms with Gasteiger partial charge in [-0.25, -0.2) is 0 Å². The van der Waals surface area contributed by atoms with Gasteiger partial charge in [0.05, 0.1) is 17.7 Å². The molecule has 1 aromatic heterocycles. The zero-order valence-corrected chi connectivity index (χ0v) is 11.2. The van der Waals surface area contributed by atoms with E-state index in [4.69, 9.17) is 9.68 Å². The van der Waals surface area contributed by atoms with E-state index in [0.29, 0.717) is 17.0 Å². The highest BCUT2D eigenvalue weighted by Crippen LogP contribution is 2.22. The van der Waals surface area contributed by atoms with Crippen molar-refractivity contribution in [2.45, 2.75) is 18.9 Å². The smallest absolute Gasteiger partial charge is 0.322 e. The molecule has 3 rings (SSSR count). The van der Waals surface area contributed by atoms with Gasteiger partial charge in [0.15, 0.2) is 0 Å². The number of hydrogen-bond acceptors (Lipinski definition) is 6. The molecule has 0 saturated carbocycles. The predicted octanol–water partition coefficient (Wildman–Crippen LogP) is 1.62. The summed E-state index contributed by atoms with van der Waals surface area (Å²) in [5.74, 6) is 0.136. The lowest BCUT2D eigenvalue weighted by Gasteiger charge is -2.03. The molecule has 1 amide bonds. The van der Waals surface area contributed by atoms with Gasteiger partial charge >= 0.3 is 6.01 Å². The molecule has 0 radical (unpaired) electrons. The first-order chi connectivity index (χ1) is 10.3. The molecule has 21 heavy (non-hydrogen) atoms. The Morgan fingerprint density at radius 1 is 1.38 bits per heavy atom. The Morgan fingerprint density at radius 2 is 2.19 bits per heavy atom. The third-order valence-electron chi connectivity index (χ3n) is 3.30. The molecule has 1 atom stereocenters. The first kappa shape index (κ1) is 13.3. The molecular formula is C14H13N5O2. The van der Waals surface area contributed by atoms with Crippen molar-refractivity contribution < 1.29 is 9.21 Å². The number of aromatic nitrogens is 2. The summed E-state index contributed by atoms with van der Waals surface area (Å²) in [6, 6.07) is 8.45. The van der Waals surface area contributed by atoms with Crippen LogP contribution in [0.4, 0.5) is 6.01 Å². The third-order valence-corrected chi connectivity index (χ3v) is 3.30. The second kappa shape index (κ2) is 5.73. The van der Waals surface area contributed by atoms with Crippen LogP contribution in [0.1, 0.15) is 40.7 Å². The summed E-state index contributed by atoms with van der Waals surface area (Å²) in [6.45, 7) is 0.931. The maximum absolute atomic E-state index is 12.0. The summed E-state index contributed by atoms with van der Waals surface area (Å²) in [4.78, 5) is 12.0. The fraction of sp³-hybridized carbons (Fsp3) is 0.286. The molecule has 0 spiro atoms. The molecule has 1 aromatic carbocycles. The van der Waals surface area contributed by atoms with Crippen LogP contribution in [0.2, 0.25) is 0 Å². The van der Waals surface area contributed by atoms with Crippen LogP contribution in [0.25, 0.3) is 0 Å². The molecule has 1 aliphatic rings. The summed E-state index contributed by atoms with van der Waals surface area (Å²) in [5, 5.41) is 22.3. The monoisotopic (exact) mass is 283 g/mol. The highest BCUT2D eigenvalue weighted by atomic mass is 16.4. The molecular weight excluding hydrogens is 270 g/mol. The van der Waals surface area contributed by atoms with E-state index in [2.05, 4.69) is 20.8 Å². The van der Waals surface area contributed by atoms with Crippen molar-refractivity contribution in [3.63, 3.8) is 0 Å². The lowest BCUT2D eigenvalue weighted by Crippen LogP contribution is -2.13. The first-order valence-corrected chi connectivity index (χ1v) is 6.64. The number of benzene rings is 1. The second-order valence-electron chi connectivity index (χ2n) is 4.74. The fourth-order valence-electron chi connectivity index (χ4n) is 2.19. The van der Waals surface area contributed by atoms with E-state index in [1.807, 2.05) is 6.07 Å². The van der Waals surface area contributed by atoms with E-state index in [-0.39, 0.29) is 18.0 Å². The standard InChI is InChI=1S/C14H13N5O2/c15-8-9-3-5-10(6-4-9)12(20)17-14-19-18-13(21-14)11-2-1-7-16-11/h3-6,11,16H,1-2,7H2,(H,17,19,20). The Morgan fingerprint density at radius 3 is 2.86 bits per heavy atom. The average molecular weight is 283 g/mol. The fourth-order valence-corrected chi connectivity index (χ4v) is 2.19. The number of nitrogens with one attached hydrogen (secondary N) is 2. The van der Waals surface area contributed by atoms with Crippen LogP contribution in [0.5, 0.6) is 0 Å². The van der Waals surface area contributed by atoms with Crippen LogP contribution in [0, 0.1) is 11.3 Å². The lowest BCUT2D eigenvalue weighted by atomic mass is 10.1. The van der Waals surface area contributed by atoms with Gasteiger partial charge in [0.25, 0.3) is 5.91 Å². The van der Waals surface area contributed by atoms with Crippen LogP contribution in [0.15, 0.2) is 28.7 Å². The maximum atomic E-state index is 12.0. The van der Waals surface area contributed by atoms with Gasteiger partial charge in [-0.3, -0.25) is 10.1 Å². The first-order valence-electron chi connectivity index (χ1n) is 6.64. The highest BCUT2D eigenvalue weighted by molar-refractivity contribution is 6.03. The Hall–Kier alpha value is -2.72. The van der Waals surface area contributed by atoms with Crippen LogP contribution in [0.3, 0.4) is 0 Å². The molecule has 7 heteroatoms. The second-order valence-corrected chi connectivity index (χ2v) is 4.74. The molecule has 2 N–H and O–H groups in total. The number of rotatable bonds is 3. The molecule has 106 valence electrons. The molecule has 2 aromatic rings. The van der Waals surface area contributed by atoms with Gasteiger partial charge in [-0.2, -0.15) is 5.26 Å². The normalized spacial score (nSPS) is 17.4. The summed E-state index contributed by atoms with van der Waals surface area (Å²) in [7, 11) is 0. The summed E-state index contributed by atoms with van der Waals surface area (Å²) < 4.78 is 5.44. The van der Waals surface area contributed by atoms with E-state index in [1.165, 1.54) is 0 Å². The van der Waals surface area contributed by atoms with Gasteiger partial charge in [-0.05, 0) is 43.7 Å². The van der Waals surface area contributed by atoms with E-state index in [0.717, 1.165) is 19.4 Å². The highest BCUT2D eigenvalue weighted by Gasteiger charge is 2.22. The topological polar surface area (TPSA) is 104 Å².